The summed E-state index contributed by atoms with van der Waals surface area (Å²) in [6.07, 6.45) is 5.69. The van der Waals surface area contributed by atoms with Crippen molar-refractivity contribution in [1.82, 2.24) is 0 Å². The molecule has 0 saturated heterocycles. The summed E-state index contributed by atoms with van der Waals surface area (Å²) >= 11 is 0.178. The minimum atomic E-state index is -0.837. The van der Waals surface area contributed by atoms with E-state index in [4.69, 9.17) is 0 Å². The molecule has 0 amide bonds. The number of rotatable bonds is 2. The first-order valence-corrected chi connectivity index (χ1v) is 13.2. The van der Waals surface area contributed by atoms with E-state index in [9.17, 15) is 0 Å². The molecule has 0 heterocycles. The van der Waals surface area contributed by atoms with Crippen molar-refractivity contribution in [1.29, 1.82) is 0 Å². The molecule has 1 atom stereocenters. The fourth-order valence-electron chi connectivity index (χ4n) is 2.96. The normalized spacial score (nSPS) is 26.2. The summed E-state index contributed by atoms with van der Waals surface area (Å²) in [4.78, 5) is 0. The van der Waals surface area contributed by atoms with E-state index in [1.807, 2.05) is 15.0 Å². The Bertz CT molecular complexity index is 357. The average Bonchev–Trinajstić information content (AvgIpc) is 2.43. The van der Waals surface area contributed by atoms with E-state index >= 15 is 0 Å². The molecule has 2 rings (SSSR count). The third kappa shape index (κ3) is 2.47. The second-order valence-electron chi connectivity index (χ2n) is 6.37. The Balaban J connectivity index is 2.31. The fourth-order valence-corrected chi connectivity index (χ4v) is 9.98. The Morgan fingerprint density at radius 1 is 1.12 bits per heavy atom. The summed E-state index contributed by atoms with van der Waals surface area (Å²) in [5, 5.41) is 0. The van der Waals surface area contributed by atoms with Crippen LogP contribution < -0.4 is 0 Å². The molecule has 1 unspecified atom stereocenters. The van der Waals surface area contributed by atoms with Gasteiger partial charge in [-0.05, 0) is 0 Å². The molecule has 0 spiro atoms. The monoisotopic (exact) mass is 268 g/mol. The third-order valence-electron chi connectivity index (χ3n) is 3.88. The van der Waals surface area contributed by atoms with Gasteiger partial charge in [-0.1, -0.05) is 0 Å². The second kappa shape index (κ2) is 4.59. The summed E-state index contributed by atoms with van der Waals surface area (Å²) in [5.41, 5.74) is 5.44. The molecular formula is C14H24SiTi. The maximum atomic E-state index is 2.55. The predicted molar refractivity (Wildman–Crippen MR) is 70.7 cm³/mol. The van der Waals surface area contributed by atoms with Crippen LogP contribution in [0.5, 0.6) is 0 Å². The van der Waals surface area contributed by atoms with E-state index in [0.29, 0.717) is 0 Å². The van der Waals surface area contributed by atoms with E-state index in [1.54, 1.807) is 5.57 Å². The van der Waals surface area contributed by atoms with E-state index in [1.165, 1.54) is 25.7 Å². The molecule has 88 valence electrons. The molecule has 0 aromatic rings. The average molecular weight is 268 g/mol. The molecule has 2 aliphatic rings. The molecule has 2 aliphatic carbocycles. The molecule has 0 fully saturated rings. The summed E-state index contributed by atoms with van der Waals surface area (Å²) in [7, 11) is 0. The van der Waals surface area contributed by atoms with Gasteiger partial charge in [-0.2, -0.15) is 0 Å². The van der Waals surface area contributed by atoms with Gasteiger partial charge in [0.2, 0.25) is 0 Å². The van der Waals surface area contributed by atoms with Crippen LogP contribution in [-0.4, -0.2) is 5.94 Å². The number of hydrogen-bond acceptors (Lipinski definition) is 0. The van der Waals surface area contributed by atoms with Crippen LogP contribution >= 0.6 is 0 Å². The Kier molecular flexibility index (Phi) is 3.69. The second-order valence-corrected chi connectivity index (χ2v) is 20.1. The van der Waals surface area contributed by atoms with Crippen molar-refractivity contribution in [3.63, 3.8) is 0 Å². The van der Waals surface area contributed by atoms with Gasteiger partial charge in [0.15, 0.2) is 0 Å². The van der Waals surface area contributed by atoms with Crippen molar-refractivity contribution in [3.05, 3.63) is 20.6 Å². The van der Waals surface area contributed by atoms with E-state index < -0.39 is 5.94 Å². The summed E-state index contributed by atoms with van der Waals surface area (Å²) in [5.74, 6) is -0.0403. The number of hydrogen-bond donors (Lipinski definition) is 0. The van der Waals surface area contributed by atoms with Gasteiger partial charge in [-0.3, -0.25) is 0 Å². The van der Waals surface area contributed by atoms with Crippen molar-refractivity contribution in [2.75, 3.05) is 0 Å². The zero-order chi connectivity index (χ0) is 11.9. The molecule has 0 saturated carbocycles. The Hall–Kier alpha value is 0.411. The molecule has 0 N–H and O–H groups in total. The summed E-state index contributed by atoms with van der Waals surface area (Å²) in [6.45, 7) is 12.5. The van der Waals surface area contributed by atoms with Crippen molar-refractivity contribution in [2.45, 2.75) is 59.2 Å². The van der Waals surface area contributed by atoms with Crippen LogP contribution in [-0.2, 0) is 18.4 Å². The van der Waals surface area contributed by atoms with Crippen LogP contribution in [0.1, 0.15) is 39.5 Å². The first-order chi connectivity index (χ1) is 7.40. The molecule has 0 radical (unpaired) electrons. The molecule has 2 heteroatoms. The molecule has 0 aromatic heterocycles. The van der Waals surface area contributed by atoms with Crippen molar-refractivity contribution in [2.24, 2.45) is 5.92 Å². The fraction of sp³-hybridized carbons (Fsp3) is 0.714. The van der Waals surface area contributed by atoms with Gasteiger partial charge in [-0.25, -0.2) is 0 Å². The van der Waals surface area contributed by atoms with Crippen molar-refractivity contribution >= 4 is 5.94 Å². The van der Waals surface area contributed by atoms with E-state index in [2.05, 4.69) is 33.5 Å². The van der Waals surface area contributed by atoms with E-state index in [0.717, 1.165) is 5.92 Å². The Labute approximate surface area is 110 Å². The molecule has 16 heavy (non-hydrogen) atoms. The van der Waals surface area contributed by atoms with Crippen LogP contribution in [0.2, 0.25) is 19.6 Å². The first kappa shape index (κ1) is 12.9. The maximum absolute atomic E-state index is 2.55. The van der Waals surface area contributed by atoms with Gasteiger partial charge in [0.1, 0.15) is 0 Å². The van der Waals surface area contributed by atoms with Crippen LogP contribution in [0.15, 0.2) is 20.6 Å². The zero-order valence-corrected chi connectivity index (χ0v) is 14.0. The van der Waals surface area contributed by atoms with Gasteiger partial charge in [-0.15, -0.1) is 0 Å². The Morgan fingerprint density at radius 2 is 1.75 bits per heavy atom. The quantitative estimate of drug-likeness (QED) is 0.637. The SMILES string of the molecule is CC1=[C]([Ti][Si](C)(C)C)C2=C(CCCC2)C1C. The van der Waals surface area contributed by atoms with Crippen LogP contribution in [0.4, 0.5) is 0 Å². The van der Waals surface area contributed by atoms with Gasteiger partial charge in [0.25, 0.3) is 0 Å². The molecular weight excluding hydrogens is 244 g/mol. The molecule has 0 aliphatic heterocycles. The van der Waals surface area contributed by atoms with Gasteiger partial charge in [0.05, 0.1) is 0 Å². The number of allylic oxidation sites excluding steroid dienone is 4. The molecule has 0 aromatic carbocycles. The third-order valence-corrected chi connectivity index (χ3v) is 10.7. The minimum absolute atomic E-state index is 0.178. The van der Waals surface area contributed by atoms with Crippen LogP contribution in [0.3, 0.4) is 0 Å². The van der Waals surface area contributed by atoms with Gasteiger partial charge >= 0.3 is 110 Å². The van der Waals surface area contributed by atoms with Crippen molar-refractivity contribution < 1.29 is 18.4 Å². The Morgan fingerprint density at radius 3 is 2.38 bits per heavy atom. The summed E-state index contributed by atoms with van der Waals surface area (Å²) in [6, 6.07) is 0. The molecule has 0 bridgehead atoms. The predicted octanol–water partition coefficient (Wildman–Crippen LogP) is 4.70. The van der Waals surface area contributed by atoms with Crippen LogP contribution in [0.25, 0.3) is 0 Å². The van der Waals surface area contributed by atoms with Gasteiger partial charge in [0, 0.05) is 0 Å². The van der Waals surface area contributed by atoms with E-state index in [-0.39, 0.29) is 18.4 Å². The standard InChI is InChI=1S/C11H15.C3H9Si.Ti/c1-8-7-10-5-3-4-6-11(10)9(8)2;1-4(2)3;/h9H,3-6H2,1-2H3;1-3H3;. The summed E-state index contributed by atoms with van der Waals surface area (Å²) < 4.78 is 1.90. The van der Waals surface area contributed by atoms with Crippen LogP contribution in [0, 0.1) is 5.92 Å². The molecule has 0 nitrogen and oxygen atoms in total. The van der Waals surface area contributed by atoms with Gasteiger partial charge < -0.3 is 0 Å². The van der Waals surface area contributed by atoms with Crippen molar-refractivity contribution in [3.8, 4) is 0 Å². The first-order valence-electron chi connectivity index (χ1n) is 6.61. The topological polar surface area (TPSA) is 0 Å². The zero-order valence-electron chi connectivity index (χ0n) is 11.4.